The van der Waals surface area contributed by atoms with E-state index in [1.165, 1.54) is 26.9 Å². The van der Waals surface area contributed by atoms with E-state index in [9.17, 15) is 4.79 Å². The number of benzene rings is 4. The number of carbonyl (C=O) groups excluding carboxylic acids is 1. The molecule has 4 rings (SSSR count). The Balaban J connectivity index is 1.77. The fourth-order valence-electron chi connectivity index (χ4n) is 4.10. The molecule has 28 heavy (non-hydrogen) atoms. The monoisotopic (exact) mass is 374 g/mol. The molecular weight excluding hydrogens is 346 g/mol. The van der Waals surface area contributed by atoms with Crippen LogP contribution in [0.1, 0.15) is 24.8 Å². The van der Waals surface area contributed by atoms with Crippen molar-refractivity contribution in [2.75, 3.05) is 34.3 Å². The van der Waals surface area contributed by atoms with Gasteiger partial charge in [0.05, 0.1) is 27.1 Å². The van der Waals surface area contributed by atoms with E-state index in [4.69, 9.17) is 4.74 Å². The van der Waals surface area contributed by atoms with Crippen LogP contribution in [0.15, 0.2) is 54.6 Å². The first-order valence-corrected chi connectivity index (χ1v) is 10.0. The van der Waals surface area contributed by atoms with Gasteiger partial charge in [0.15, 0.2) is 0 Å². The zero-order valence-corrected chi connectivity index (χ0v) is 17.2. The first-order valence-electron chi connectivity index (χ1n) is 10.0. The first-order chi connectivity index (χ1) is 13.4. The van der Waals surface area contributed by atoms with Crippen LogP contribution in [0, 0.1) is 0 Å². The Bertz CT molecular complexity index is 1120. The number of quaternary nitrogens is 1. The highest BCUT2D eigenvalue weighted by Gasteiger charge is 2.24. The zero-order valence-electron chi connectivity index (χ0n) is 17.2. The van der Waals surface area contributed by atoms with E-state index in [1.807, 2.05) is 0 Å². The fraction of sp³-hybridized carbons (Fsp3) is 0.320. The van der Waals surface area contributed by atoms with Crippen molar-refractivity contribution in [3.63, 3.8) is 0 Å². The van der Waals surface area contributed by atoms with Crippen molar-refractivity contribution < 1.29 is 14.0 Å². The maximum atomic E-state index is 12.9. The molecular formula is C25H28NO2+. The molecule has 0 radical (unpaired) electrons. The third-order valence-electron chi connectivity index (χ3n) is 5.64. The lowest BCUT2D eigenvalue weighted by Crippen LogP contribution is -2.38. The van der Waals surface area contributed by atoms with Gasteiger partial charge in [-0.2, -0.15) is 0 Å². The lowest BCUT2D eigenvalue weighted by molar-refractivity contribution is -0.870. The molecule has 0 amide bonds. The predicted octanol–water partition coefficient (Wildman–Crippen LogP) is 5.33. The molecule has 0 fully saturated rings. The highest BCUT2D eigenvalue weighted by molar-refractivity contribution is 6.23. The molecule has 0 saturated carbocycles. The molecule has 0 aliphatic carbocycles. The van der Waals surface area contributed by atoms with Crippen LogP contribution in [0.5, 0.6) is 0 Å². The minimum atomic E-state index is -0.239. The van der Waals surface area contributed by atoms with Gasteiger partial charge in [-0.25, -0.2) is 0 Å². The van der Waals surface area contributed by atoms with Crippen molar-refractivity contribution in [2.45, 2.75) is 19.3 Å². The van der Waals surface area contributed by atoms with Crippen LogP contribution >= 0.6 is 0 Å². The summed E-state index contributed by atoms with van der Waals surface area (Å²) in [5.41, 5.74) is 1.07. The highest BCUT2D eigenvalue weighted by Crippen LogP contribution is 2.38. The molecule has 0 aliphatic heterocycles. The molecule has 4 aromatic rings. The Morgan fingerprint density at radius 1 is 0.893 bits per heavy atom. The maximum Gasteiger partial charge on any atom is 0.313 e. The topological polar surface area (TPSA) is 26.3 Å². The number of nitrogens with zero attached hydrogens (tertiary/aromatic N) is 1. The van der Waals surface area contributed by atoms with Gasteiger partial charge in [-0.3, -0.25) is 4.79 Å². The Morgan fingerprint density at radius 3 is 2.14 bits per heavy atom. The van der Waals surface area contributed by atoms with Gasteiger partial charge in [-0.1, -0.05) is 61.5 Å². The molecule has 0 N–H and O–H groups in total. The summed E-state index contributed by atoms with van der Waals surface area (Å²) in [5, 5.41) is 7.41. The van der Waals surface area contributed by atoms with E-state index in [2.05, 4.69) is 82.7 Å². The summed E-state index contributed by atoms with van der Waals surface area (Å²) in [7, 11) is 6.31. The number of likely N-dealkylation sites (N-methyl/N-ethyl adjacent to an activating group) is 1. The molecule has 3 heteroatoms. The van der Waals surface area contributed by atoms with Gasteiger partial charge >= 0.3 is 5.97 Å². The molecule has 0 spiro atoms. The number of carbonyl (C=O) groups is 1. The largest absolute Gasteiger partial charge is 0.459 e. The SMILES string of the molecule is CCC(C(=O)OCC[N+](C)(C)C)c1ccc2ccc3cccc4ccc1c2c34. The number of ether oxygens (including phenoxy) is 1. The quantitative estimate of drug-likeness (QED) is 0.259. The third-order valence-corrected chi connectivity index (χ3v) is 5.64. The molecule has 1 unspecified atom stereocenters. The Labute approximate surface area is 166 Å². The van der Waals surface area contributed by atoms with Crippen LogP contribution < -0.4 is 0 Å². The number of hydrogen-bond acceptors (Lipinski definition) is 2. The van der Waals surface area contributed by atoms with Gasteiger partial charge in [0.1, 0.15) is 13.2 Å². The smallest absolute Gasteiger partial charge is 0.313 e. The van der Waals surface area contributed by atoms with Crippen molar-refractivity contribution in [3.8, 4) is 0 Å². The molecule has 0 heterocycles. The average Bonchev–Trinajstić information content (AvgIpc) is 2.66. The second kappa shape index (κ2) is 7.06. The molecule has 4 aromatic carbocycles. The van der Waals surface area contributed by atoms with E-state index in [1.54, 1.807) is 0 Å². The van der Waals surface area contributed by atoms with Crippen LogP contribution in [0.4, 0.5) is 0 Å². The summed E-state index contributed by atoms with van der Waals surface area (Å²) in [6.07, 6.45) is 0.729. The van der Waals surface area contributed by atoms with Crippen LogP contribution in [0.3, 0.4) is 0 Å². The highest BCUT2D eigenvalue weighted by atomic mass is 16.5. The van der Waals surface area contributed by atoms with Crippen molar-refractivity contribution >= 4 is 38.3 Å². The van der Waals surface area contributed by atoms with E-state index in [0.717, 1.165) is 28.4 Å². The van der Waals surface area contributed by atoms with Crippen LogP contribution in [-0.2, 0) is 9.53 Å². The molecule has 0 aromatic heterocycles. The summed E-state index contributed by atoms with van der Waals surface area (Å²) in [6.45, 7) is 3.31. The summed E-state index contributed by atoms with van der Waals surface area (Å²) < 4.78 is 6.44. The van der Waals surface area contributed by atoms with Gasteiger partial charge in [-0.05, 0) is 44.3 Å². The lowest BCUT2D eigenvalue weighted by Gasteiger charge is -2.24. The van der Waals surface area contributed by atoms with Crippen molar-refractivity contribution in [3.05, 3.63) is 60.2 Å². The van der Waals surface area contributed by atoms with Crippen LogP contribution in [0.25, 0.3) is 32.3 Å². The molecule has 0 bridgehead atoms. The van der Waals surface area contributed by atoms with E-state index < -0.39 is 0 Å². The molecule has 144 valence electrons. The van der Waals surface area contributed by atoms with Crippen LogP contribution in [-0.4, -0.2) is 44.7 Å². The maximum absolute atomic E-state index is 12.9. The van der Waals surface area contributed by atoms with Gasteiger partial charge in [0.25, 0.3) is 0 Å². The Hall–Kier alpha value is -2.65. The number of rotatable bonds is 6. The summed E-state index contributed by atoms with van der Waals surface area (Å²) >= 11 is 0. The molecule has 0 saturated heterocycles. The van der Waals surface area contributed by atoms with Gasteiger partial charge in [0, 0.05) is 0 Å². The van der Waals surface area contributed by atoms with Crippen molar-refractivity contribution in [2.24, 2.45) is 0 Å². The Kier molecular flexibility index (Phi) is 4.72. The normalized spacial score (nSPS) is 13.4. The summed E-state index contributed by atoms with van der Waals surface area (Å²) in [5.74, 6) is -0.358. The van der Waals surface area contributed by atoms with E-state index in [0.29, 0.717) is 6.61 Å². The predicted molar refractivity (Wildman–Crippen MR) is 117 cm³/mol. The van der Waals surface area contributed by atoms with E-state index in [-0.39, 0.29) is 11.9 Å². The minimum Gasteiger partial charge on any atom is -0.459 e. The lowest BCUT2D eigenvalue weighted by atomic mass is 9.86. The molecule has 1 atom stereocenters. The molecule has 3 nitrogen and oxygen atoms in total. The van der Waals surface area contributed by atoms with Gasteiger partial charge in [-0.15, -0.1) is 0 Å². The summed E-state index contributed by atoms with van der Waals surface area (Å²) in [4.78, 5) is 12.9. The fourth-order valence-corrected chi connectivity index (χ4v) is 4.10. The van der Waals surface area contributed by atoms with E-state index >= 15 is 0 Å². The summed E-state index contributed by atoms with van der Waals surface area (Å²) in [6, 6.07) is 19.4. The number of hydrogen-bond donors (Lipinski definition) is 0. The zero-order chi connectivity index (χ0) is 19.9. The first kappa shape index (κ1) is 18.7. The van der Waals surface area contributed by atoms with Gasteiger partial charge in [0.2, 0.25) is 0 Å². The number of esters is 1. The van der Waals surface area contributed by atoms with Crippen LogP contribution in [0.2, 0.25) is 0 Å². The van der Waals surface area contributed by atoms with Gasteiger partial charge < -0.3 is 9.22 Å². The Morgan fingerprint density at radius 2 is 1.50 bits per heavy atom. The average molecular weight is 375 g/mol. The molecule has 0 aliphatic rings. The second-order valence-electron chi connectivity index (χ2n) is 8.65. The second-order valence-corrected chi connectivity index (χ2v) is 8.65. The van der Waals surface area contributed by atoms with Crippen molar-refractivity contribution in [1.29, 1.82) is 0 Å². The standard InChI is InChI=1S/C25H28NO2/c1-5-20(25(27)28-16-15-26(2,3)4)21-13-11-19-10-9-17-7-6-8-18-12-14-22(21)24(19)23(17)18/h6-14,20H,5,15-16H2,1-4H3/q+1. The minimum absolute atomic E-state index is 0.119. The third kappa shape index (κ3) is 3.31. The van der Waals surface area contributed by atoms with Crippen molar-refractivity contribution in [1.82, 2.24) is 0 Å².